The highest BCUT2D eigenvalue weighted by Crippen LogP contribution is 2.22. The summed E-state index contributed by atoms with van der Waals surface area (Å²) in [6, 6.07) is 11.5. The van der Waals surface area contributed by atoms with Crippen molar-refractivity contribution in [3.63, 3.8) is 0 Å². The zero-order chi connectivity index (χ0) is 15.2. The molecule has 5 heteroatoms. The maximum absolute atomic E-state index is 12.0. The smallest absolute Gasteiger partial charge is 0.273 e. The average molecular weight is 283 g/mol. The summed E-state index contributed by atoms with van der Waals surface area (Å²) < 4.78 is 0. The number of likely N-dealkylation sites (N-methyl/N-ethyl adjacent to an activating group) is 1. The average Bonchev–Trinajstić information content (AvgIpc) is 2.53. The van der Waals surface area contributed by atoms with Crippen molar-refractivity contribution in [2.24, 2.45) is 5.16 Å². The van der Waals surface area contributed by atoms with E-state index in [1.807, 2.05) is 31.2 Å². The SMILES string of the molecule is CNC(=O)C(=NOC)c1cccnc1-c1ccc(C)cc1. The Kier molecular flexibility index (Phi) is 4.66. The summed E-state index contributed by atoms with van der Waals surface area (Å²) in [7, 11) is 2.96. The Morgan fingerprint density at radius 2 is 1.95 bits per heavy atom. The second kappa shape index (κ2) is 6.65. The van der Waals surface area contributed by atoms with Crippen LogP contribution in [0.5, 0.6) is 0 Å². The quantitative estimate of drug-likeness (QED) is 0.691. The van der Waals surface area contributed by atoms with Crippen molar-refractivity contribution >= 4 is 11.6 Å². The van der Waals surface area contributed by atoms with Gasteiger partial charge in [0.05, 0.1) is 5.69 Å². The molecule has 1 amide bonds. The van der Waals surface area contributed by atoms with Crippen LogP contribution in [0.1, 0.15) is 11.1 Å². The lowest BCUT2D eigenvalue weighted by Gasteiger charge is -2.10. The van der Waals surface area contributed by atoms with Gasteiger partial charge in [0.25, 0.3) is 5.91 Å². The van der Waals surface area contributed by atoms with Crippen LogP contribution < -0.4 is 5.32 Å². The fourth-order valence-corrected chi connectivity index (χ4v) is 1.96. The van der Waals surface area contributed by atoms with Gasteiger partial charge in [0.1, 0.15) is 7.11 Å². The van der Waals surface area contributed by atoms with Crippen LogP contribution in [0.2, 0.25) is 0 Å². The van der Waals surface area contributed by atoms with Crippen LogP contribution in [-0.4, -0.2) is 30.8 Å². The molecule has 5 nitrogen and oxygen atoms in total. The third kappa shape index (κ3) is 3.25. The first kappa shape index (κ1) is 14.7. The van der Waals surface area contributed by atoms with Crippen molar-refractivity contribution in [1.82, 2.24) is 10.3 Å². The highest BCUT2D eigenvalue weighted by Gasteiger charge is 2.18. The lowest BCUT2D eigenvalue weighted by molar-refractivity contribution is -0.114. The van der Waals surface area contributed by atoms with Gasteiger partial charge in [0.2, 0.25) is 0 Å². The molecule has 1 aromatic heterocycles. The third-order valence-corrected chi connectivity index (χ3v) is 3.01. The number of oxime groups is 1. The van der Waals surface area contributed by atoms with Crippen LogP contribution in [0.25, 0.3) is 11.3 Å². The predicted molar refractivity (Wildman–Crippen MR) is 82.0 cm³/mol. The maximum atomic E-state index is 12.0. The lowest BCUT2D eigenvalue weighted by Crippen LogP contribution is -2.29. The minimum Gasteiger partial charge on any atom is -0.398 e. The molecule has 108 valence electrons. The second-order valence-corrected chi connectivity index (χ2v) is 4.47. The van der Waals surface area contributed by atoms with E-state index in [9.17, 15) is 4.79 Å². The molecular weight excluding hydrogens is 266 g/mol. The normalized spacial score (nSPS) is 11.1. The molecule has 0 bridgehead atoms. The molecule has 1 N–H and O–H groups in total. The van der Waals surface area contributed by atoms with Gasteiger partial charge in [-0.05, 0) is 19.1 Å². The van der Waals surface area contributed by atoms with E-state index in [2.05, 4.69) is 15.5 Å². The van der Waals surface area contributed by atoms with Crippen LogP contribution in [0.3, 0.4) is 0 Å². The van der Waals surface area contributed by atoms with Crippen molar-refractivity contribution in [3.8, 4) is 11.3 Å². The van der Waals surface area contributed by atoms with E-state index in [4.69, 9.17) is 4.84 Å². The zero-order valence-electron chi connectivity index (χ0n) is 12.3. The summed E-state index contributed by atoms with van der Waals surface area (Å²) >= 11 is 0. The van der Waals surface area contributed by atoms with Gasteiger partial charge >= 0.3 is 0 Å². The van der Waals surface area contributed by atoms with E-state index < -0.39 is 0 Å². The Labute approximate surface area is 123 Å². The van der Waals surface area contributed by atoms with E-state index in [-0.39, 0.29) is 11.6 Å². The number of aryl methyl sites for hydroxylation is 1. The monoisotopic (exact) mass is 283 g/mol. The fourth-order valence-electron chi connectivity index (χ4n) is 1.96. The topological polar surface area (TPSA) is 63.6 Å². The standard InChI is InChI=1S/C16H17N3O2/c1-11-6-8-12(9-7-11)14-13(5-4-10-18-14)15(19-21-3)16(20)17-2/h4-10H,1-3H3,(H,17,20). The Morgan fingerprint density at radius 1 is 1.24 bits per heavy atom. The number of rotatable bonds is 4. The van der Waals surface area contributed by atoms with Crippen molar-refractivity contribution in [1.29, 1.82) is 0 Å². The number of carbonyl (C=O) groups excluding carboxylic acids is 1. The van der Waals surface area contributed by atoms with Gasteiger partial charge in [-0.1, -0.05) is 35.0 Å². The Morgan fingerprint density at radius 3 is 2.57 bits per heavy atom. The van der Waals surface area contributed by atoms with E-state index in [0.29, 0.717) is 11.3 Å². The molecule has 0 aliphatic carbocycles. The van der Waals surface area contributed by atoms with Crippen molar-refractivity contribution < 1.29 is 9.63 Å². The van der Waals surface area contributed by atoms with Crippen LogP contribution >= 0.6 is 0 Å². The van der Waals surface area contributed by atoms with E-state index in [0.717, 1.165) is 11.1 Å². The van der Waals surface area contributed by atoms with Gasteiger partial charge in [0.15, 0.2) is 5.71 Å². The van der Waals surface area contributed by atoms with Crippen LogP contribution in [-0.2, 0) is 9.63 Å². The largest absolute Gasteiger partial charge is 0.398 e. The number of nitrogens with one attached hydrogen (secondary N) is 1. The Bertz CT molecular complexity index is 663. The molecule has 1 aromatic carbocycles. The summed E-state index contributed by atoms with van der Waals surface area (Å²) in [6.07, 6.45) is 1.69. The van der Waals surface area contributed by atoms with Gasteiger partial charge in [-0.15, -0.1) is 0 Å². The summed E-state index contributed by atoms with van der Waals surface area (Å²) in [5.41, 5.74) is 3.60. The highest BCUT2D eigenvalue weighted by atomic mass is 16.6. The molecular formula is C16H17N3O2. The van der Waals surface area contributed by atoms with E-state index in [1.54, 1.807) is 25.4 Å². The minimum atomic E-state index is -0.321. The molecule has 0 spiro atoms. The first-order chi connectivity index (χ1) is 10.2. The number of carbonyl (C=O) groups is 1. The zero-order valence-corrected chi connectivity index (χ0v) is 12.3. The van der Waals surface area contributed by atoms with Crippen LogP contribution in [0.4, 0.5) is 0 Å². The van der Waals surface area contributed by atoms with Gasteiger partial charge < -0.3 is 10.2 Å². The predicted octanol–water partition coefficient (Wildman–Crippen LogP) is 2.15. The molecule has 2 rings (SSSR count). The van der Waals surface area contributed by atoms with Crippen molar-refractivity contribution in [3.05, 3.63) is 53.7 Å². The van der Waals surface area contributed by atoms with Gasteiger partial charge in [-0.2, -0.15) is 0 Å². The molecule has 0 saturated heterocycles. The number of benzene rings is 1. The number of pyridine rings is 1. The maximum Gasteiger partial charge on any atom is 0.273 e. The molecule has 0 aliphatic rings. The molecule has 0 atom stereocenters. The fraction of sp³-hybridized carbons (Fsp3) is 0.188. The van der Waals surface area contributed by atoms with Gasteiger partial charge in [0, 0.05) is 24.4 Å². The molecule has 21 heavy (non-hydrogen) atoms. The summed E-state index contributed by atoms with van der Waals surface area (Å²) in [4.78, 5) is 21.2. The van der Waals surface area contributed by atoms with E-state index in [1.165, 1.54) is 7.11 Å². The molecule has 1 heterocycles. The molecule has 0 aliphatic heterocycles. The molecule has 0 radical (unpaired) electrons. The van der Waals surface area contributed by atoms with Gasteiger partial charge in [-0.25, -0.2) is 0 Å². The highest BCUT2D eigenvalue weighted by molar-refractivity contribution is 6.46. The summed E-state index contributed by atoms with van der Waals surface area (Å²) in [6.45, 7) is 2.02. The first-order valence-corrected chi connectivity index (χ1v) is 6.53. The molecule has 0 unspecified atom stereocenters. The number of hydrogen-bond acceptors (Lipinski definition) is 4. The number of hydrogen-bond donors (Lipinski definition) is 1. The number of aromatic nitrogens is 1. The van der Waals surface area contributed by atoms with E-state index >= 15 is 0 Å². The summed E-state index contributed by atoms with van der Waals surface area (Å²) in [5.74, 6) is -0.321. The van der Waals surface area contributed by atoms with Gasteiger partial charge in [-0.3, -0.25) is 9.78 Å². The second-order valence-electron chi connectivity index (χ2n) is 4.47. The van der Waals surface area contributed by atoms with Crippen LogP contribution in [0, 0.1) is 6.92 Å². The lowest BCUT2D eigenvalue weighted by atomic mass is 10.0. The number of amides is 1. The number of nitrogens with zero attached hydrogens (tertiary/aromatic N) is 2. The van der Waals surface area contributed by atoms with Crippen LogP contribution in [0.15, 0.2) is 47.8 Å². The molecule has 0 saturated carbocycles. The third-order valence-electron chi connectivity index (χ3n) is 3.01. The first-order valence-electron chi connectivity index (χ1n) is 6.53. The Balaban J connectivity index is 2.57. The summed E-state index contributed by atoms with van der Waals surface area (Å²) in [5, 5.41) is 6.39. The molecule has 2 aromatic rings. The van der Waals surface area contributed by atoms with Crippen molar-refractivity contribution in [2.75, 3.05) is 14.2 Å². The molecule has 0 fully saturated rings. The minimum absolute atomic E-state index is 0.198. The Hall–Kier alpha value is -2.69. The van der Waals surface area contributed by atoms with Crippen molar-refractivity contribution in [2.45, 2.75) is 6.92 Å².